The predicted octanol–water partition coefficient (Wildman–Crippen LogP) is 3.16. The number of carbonyl (C=O) groups is 1. The normalized spacial score (nSPS) is 13.8. The Bertz CT molecular complexity index is 619. The van der Waals surface area contributed by atoms with Crippen LogP contribution in [0.3, 0.4) is 0 Å². The van der Waals surface area contributed by atoms with E-state index in [2.05, 4.69) is 26.2 Å². The zero-order chi connectivity index (χ0) is 13.9. The minimum absolute atomic E-state index is 0.0157. The molecule has 1 aromatic heterocycles. The molecule has 104 valence electrons. The van der Waals surface area contributed by atoms with Crippen LogP contribution in [-0.2, 0) is 24.2 Å². The number of aryl methyl sites for hydroxylation is 1. The molecule has 0 spiro atoms. The maximum absolute atomic E-state index is 12.1. The van der Waals surface area contributed by atoms with Gasteiger partial charge in [-0.3, -0.25) is 4.79 Å². The van der Waals surface area contributed by atoms with Crippen LogP contribution in [0.1, 0.15) is 24.2 Å². The number of anilines is 1. The summed E-state index contributed by atoms with van der Waals surface area (Å²) in [4.78, 5) is 16.5. The van der Waals surface area contributed by atoms with E-state index in [-0.39, 0.29) is 5.91 Å². The number of carbonyl (C=O) groups excluding carboxylic acids is 1. The molecule has 0 saturated heterocycles. The van der Waals surface area contributed by atoms with Crippen LogP contribution < -0.4 is 5.32 Å². The van der Waals surface area contributed by atoms with E-state index in [1.54, 1.807) is 6.33 Å². The van der Waals surface area contributed by atoms with Crippen LogP contribution in [0.25, 0.3) is 0 Å². The van der Waals surface area contributed by atoms with Gasteiger partial charge in [-0.1, -0.05) is 15.9 Å². The molecule has 1 N–H and O–H groups in total. The minimum atomic E-state index is -0.0157. The van der Waals surface area contributed by atoms with Gasteiger partial charge in [-0.05, 0) is 49.9 Å². The number of aromatic nitrogens is 2. The average molecular weight is 334 g/mol. The molecule has 1 aromatic carbocycles. The molecule has 0 radical (unpaired) electrons. The Kier molecular flexibility index (Phi) is 3.87. The number of rotatable bonds is 3. The number of imidazole rings is 1. The number of amides is 1. The number of fused-ring (bicyclic) bond motifs is 1. The molecule has 0 fully saturated rings. The van der Waals surface area contributed by atoms with E-state index in [0.29, 0.717) is 6.54 Å². The lowest BCUT2D eigenvalue weighted by molar-refractivity contribution is -0.116. The van der Waals surface area contributed by atoms with E-state index in [9.17, 15) is 4.79 Å². The molecular weight excluding hydrogens is 318 g/mol. The highest BCUT2D eigenvalue weighted by Crippen LogP contribution is 2.20. The third-order valence-corrected chi connectivity index (χ3v) is 4.08. The Balaban J connectivity index is 1.67. The average Bonchev–Trinajstić information content (AvgIpc) is 2.85. The summed E-state index contributed by atoms with van der Waals surface area (Å²) < 4.78 is 2.97. The number of nitrogens with one attached hydrogen (secondary N) is 1. The summed E-state index contributed by atoms with van der Waals surface area (Å²) in [7, 11) is 0. The molecule has 1 heterocycles. The second-order valence-electron chi connectivity index (χ2n) is 5.03. The smallest absolute Gasteiger partial charge is 0.244 e. The third kappa shape index (κ3) is 2.93. The Hall–Kier alpha value is -1.62. The number of nitrogens with zero attached hydrogens (tertiary/aromatic N) is 2. The van der Waals surface area contributed by atoms with E-state index >= 15 is 0 Å². The van der Waals surface area contributed by atoms with Crippen molar-refractivity contribution in [3.05, 3.63) is 46.5 Å². The molecule has 0 saturated carbocycles. The zero-order valence-corrected chi connectivity index (χ0v) is 12.7. The van der Waals surface area contributed by atoms with Crippen molar-refractivity contribution in [2.75, 3.05) is 5.32 Å². The van der Waals surface area contributed by atoms with Gasteiger partial charge in [0.1, 0.15) is 6.54 Å². The number of hydrogen-bond acceptors (Lipinski definition) is 2. The van der Waals surface area contributed by atoms with Gasteiger partial charge >= 0.3 is 0 Å². The molecule has 4 nitrogen and oxygen atoms in total. The summed E-state index contributed by atoms with van der Waals surface area (Å²) in [6.07, 6.45) is 6.25. The summed E-state index contributed by atoms with van der Waals surface area (Å²) >= 11 is 3.38. The second kappa shape index (κ2) is 5.79. The first-order chi connectivity index (χ1) is 9.72. The van der Waals surface area contributed by atoms with Gasteiger partial charge in [0.15, 0.2) is 0 Å². The number of halogens is 1. The van der Waals surface area contributed by atoms with Crippen LogP contribution in [0.5, 0.6) is 0 Å². The summed E-state index contributed by atoms with van der Waals surface area (Å²) in [6, 6.07) is 7.58. The van der Waals surface area contributed by atoms with E-state index < -0.39 is 0 Å². The molecule has 0 unspecified atom stereocenters. The van der Waals surface area contributed by atoms with Gasteiger partial charge in [-0.25, -0.2) is 4.98 Å². The van der Waals surface area contributed by atoms with Gasteiger partial charge < -0.3 is 9.88 Å². The van der Waals surface area contributed by atoms with Gasteiger partial charge in [-0.15, -0.1) is 0 Å². The van der Waals surface area contributed by atoms with Crippen LogP contribution in [0.2, 0.25) is 0 Å². The quantitative estimate of drug-likeness (QED) is 0.937. The van der Waals surface area contributed by atoms with Gasteiger partial charge in [0.05, 0.1) is 12.0 Å². The topological polar surface area (TPSA) is 46.9 Å². The monoisotopic (exact) mass is 333 g/mol. The van der Waals surface area contributed by atoms with E-state index in [0.717, 1.165) is 28.7 Å². The van der Waals surface area contributed by atoms with Crippen LogP contribution in [-0.4, -0.2) is 15.5 Å². The molecule has 1 aliphatic carbocycles. The fourth-order valence-electron chi connectivity index (χ4n) is 2.56. The maximum atomic E-state index is 12.1. The molecule has 1 amide bonds. The summed E-state index contributed by atoms with van der Waals surface area (Å²) in [5.74, 6) is -0.0157. The Labute approximate surface area is 126 Å². The van der Waals surface area contributed by atoms with E-state index in [4.69, 9.17) is 0 Å². The minimum Gasteiger partial charge on any atom is -0.325 e. The predicted molar refractivity (Wildman–Crippen MR) is 81.6 cm³/mol. The van der Waals surface area contributed by atoms with Gasteiger partial charge in [0.2, 0.25) is 5.91 Å². The first kappa shape index (κ1) is 13.4. The Morgan fingerprint density at radius 2 is 2.00 bits per heavy atom. The highest BCUT2D eigenvalue weighted by molar-refractivity contribution is 9.10. The Morgan fingerprint density at radius 3 is 2.80 bits per heavy atom. The van der Waals surface area contributed by atoms with Crippen molar-refractivity contribution < 1.29 is 4.79 Å². The molecule has 5 heteroatoms. The molecule has 20 heavy (non-hydrogen) atoms. The third-order valence-electron chi connectivity index (χ3n) is 3.55. The fourth-order valence-corrected chi connectivity index (χ4v) is 2.82. The van der Waals surface area contributed by atoms with Crippen LogP contribution in [0, 0.1) is 0 Å². The van der Waals surface area contributed by atoms with E-state index in [1.807, 2.05) is 28.8 Å². The lowest BCUT2D eigenvalue weighted by atomic mass is 10.0. The van der Waals surface area contributed by atoms with Crippen molar-refractivity contribution >= 4 is 27.5 Å². The van der Waals surface area contributed by atoms with Crippen LogP contribution >= 0.6 is 15.9 Å². The van der Waals surface area contributed by atoms with Crippen molar-refractivity contribution in [2.45, 2.75) is 32.2 Å². The van der Waals surface area contributed by atoms with Crippen molar-refractivity contribution in [1.29, 1.82) is 0 Å². The highest BCUT2D eigenvalue weighted by atomic mass is 79.9. The molecular formula is C15H16BrN3O. The molecule has 0 bridgehead atoms. The summed E-state index contributed by atoms with van der Waals surface area (Å²) in [5, 5.41) is 2.91. The molecule has 3 rings (SSSR count). The lowest BCUT2D eigenvalue weighted by Gasteiger charge is -2.14. The van der Waals surface area contributed by atoms with Crippen LogP contribution in [0.15, 0.2) is 35.1 Å². The van der Waals surface area contributed by atoms with Crippen molar-refractivity contribution in [2.24, 2.45) is 0 Å². The SMILES string of the molecule is O=C(Cn1cnc2c1CCCC2)Nc1ccc(Br)cc1. The molecule has 0 aliphatic heterocycles. The van der Waals surface area contributed by atoms with Crippen LogP contribution in [0.4, 0.5) is 5.69 Å². The first-order valence-electron chi connectivity index (χ1n) is 6.80. The molecule has 0 atom stereocenters. The van der Waals surface area contributed by atoms with Crippen molar-refractivity contribution in [3.63, 3.8) is 0 Å². The van der Waals surface area contributed by atoms with Gasteiger partial charge in [0, 0.05) is 15.9 Å². The fraction of sp³-hybridized carbons (Fsp3) is 0.333. The number of hydrogen-bond donors (Lipinski definition) is 1. The van der Waals surface area contributed by atoms with Gasteiger partial charge in [-0.2, -0.15) is 0 Å². The molecule has 2 aromatic rings. The molecule has 1 aliphatic rings. The van der Waals surface area contributed by atoms with Gasteiger partial charge in [0.25, 0.3) is 0 Å². The largest absolute Gasteiger partial charge is 0.325 e. The van der Waals surface area contributed by atoms with Crippen molar-refractivity contribution in [1.82, 2.24) is 9.55 Å². The van der Waals surface area contributed by atoms with Crippen molar-refractivity contribution in [3.8, 4) is 0 Å². The lowest BCUT2D eigenvalue weighted by Crippen LogP contribution is -2.20. The Morgan fingerprint density at radius 1 is 1.25 bits per heavy atom. The standard InChI is InChI=1S/C15H16BrN3O/c16-11-5-7-12(8-6-11)18-15(20)9-19-10-17-13-3-1-2-4-14(13)19/h5-8,10H,1-4,9H2,(H,18,20). The number of benzene rings is 1. The summed E-state index contributed by atoms with van der Waals surface area (Å²) in [6.45, 7) is 0.332. The first-order valence-corrected chi connectivity index (χ1v) is 7.60. The maximum Gasteiger partial charge on any atom is 0.244 e. The second-order valence-corrected chi connectivity index (χ2v) is 5.94. The highest BCUT2D eigenvalue weighted by Gasteiger charge is 2.16. The van der Waals surface area contributed by atoms with E-state index in [1.165, 1.54) is 18.5 Å². The summed E-state index contributed by atoms with van der Waals surface area (Å²) in [5.41, 5.74) is 3.20. The zero-order valence-electron chi connectivity index (χ0n) is 11.1.